The zero-order valence-corrected chi connectivity index (χ0v) is 17.1. The molecule has 0 atom stereocenters. The number of nitrogens with one attached hydrogen (secondary N) is 2. The maximum atomic E-state index is 12.1. The van der Waals surface area contributed by atoms with E-state index in [1.807, 2.05) is 25.1 Å². The Morgan fingerprint density at radius 1 is 1.14 bits per heavy atom. The van der Waals surface area contributed by atoms with E-state index in [0.717, 1.165) is 50.2 Å². The Balaban J connectivity index is 1.51. The van der Waals surface area contributed by atoms with Gasteiger partial charge in [-0.2, -0.15) is 0 Å². The highest BCUT2D eigenvalue weighted by molar-refractivity contribution is 5.85. The Hall–Kier alpha value is -3.16. The smallest absolute Gasteiger partial charge is 0.242 e. The molecular weight excluding hydrogens is 370 g/mol. The lowest BCUT2D eigenvalue weighted by molar-refractivity contribution is -0.119. The first kappa shape index (κ1) is 20.6. The second-order valence-corrected chi connectivity index (χ2v) is 6.70. The molecule has 1 fully saturated rings. The van der Waals surface area contributed by atoms with Gasteiger partial charge in [-0.15, -0.1) is 0 Å². The van der Waals surface area contributed by atoms with Crippen LogP contribution < -0.4 is 20.3 Å². The predicted octanol–water partition coefficient (Wildman–Crippen LogP) is 1.69. The van der Waals surface area contributed by atoms with Crippen LogP contribution in [-0.2, 0) is 11.3 Å². The maximum Gasteiger partial charge on any atom is 0.242 e. The van der Waals surface area contributed by atoms with Crippen LogP contribution in [0.2, 0.25) is 0 Å². The number of anilines is 1. The van der Waals surface area contributed by atoms with Crippen molar-refractivity contribution in [2.75, 3.05) is 51.3 Å². The first-order valence-electron chi connectivity index (χ1n) is 9.91. The first-order chi connectivity index (χ1) is 14.2. The van der Waals surface area contributed by atoms with Crippen LogP contribution in [0.15, 0.2) is 52.1 Å². The minimum absolute atomic E-state index is 0.0851. The van der Waals surface area contributed by atoms with Crippen LogP contribution in [0, 0.1) is 0 Å². The van der Waals surface area contributed by atoms with Crippen molar-refractivity contribution in [3.05, 3.63) is 48.4 Å². The van der Waals surface area contributed by atoms with E-state index in [9.17, 15) is 4.79 Å². The molecule has 3 rings (SSSR count). The average Bonchev–Trinajstić information content (AvgIpc) is 3.29. The third-order valence-electron chi connectivity index (χ3n) is 4.76. The van der Waals surface area contributed by atoms with E-state index in [2.05, 4.69) is 37.6 Å². The molecule has 0 radical (unpaired) electrons. The number of benzene rings is 1. The number of nitrogens with zero attached hydrogens (tertiary/aromatic N) is 3. The molecule has 29 heavy (non-hydrogen) atoms. The fraction of sp³-hybridized carbons (Fsp3) is 0.429. The van der Waals surface area contributed by atoms with Crippen molar-refractivity contribution in [1.82, 2.24) is 15.5 Å². The Kier molecular flexibility index (Phi) is 7.38. The fourth-order valence-electron chi connectivity index (χ4n) is 3.20. The average molecular weight is 399 g/mol. The van der Waals surface area contributed by atoms with E-state index in [4.69, 9.17) is 9.15 Å². The summed E-state index contributed by atoms with van der Waals surface area (Å²) in [6.45, 7) is 6.70. The molecule has 0 saturated carbocycles. The van der Waals surface area contributed by atoms with Crippen molar-refractivity contribution < 1.29 is 13.9 Å². The molecule has 1 amide bonds. The van der Waals surface area contributed by atoms with E-state index < -0.39 is 0 Å². The quantitative estimate of drug-likeness (QED) is 0.545. The number of ether oxygens (including phenoxy) is 1. The van der Waals surface area contributed by atoms with E-state index >= 15 is 0 Å². The van der Waals surface area contributed by atoms with Gasteiger partial charge in [0.25, 0.3) is 0 Å². The summed E-state index contributed by atoms with van der Waals surface area (Å²) in [5.41, 5.74) is 1.18. The van der Waals surface area contributed by atoms with Crippen LogP contribution in [0.1, 0.15) is 12.7 Å². The zero-order chi connectivity index (χ0) is 20.5. The van der Waals surface area contributed by atoms with Gasteiger partial charge in [0, 0.05) is 38.4 Å². The van der Waals surface area contributed by atoms with Gasteiger partial charge in [-0.1, -0.05) is 0 Å². The molecule has 0 aliphatic carbocycles. The van der Waals surface area contributed by atoms with Gasteiger partial charge in [0.2, 0.25) is 5.91 Å². The Morgan fingerprint density at radius 3 is 2.52 bits per heavy atom. The lowest BCUT2D eigenvalue weighted by atomic mass is 10.2. The van der Waals surface area contributed by atoms with Crippen LogP contribution in [-0.4, -0.2) is 63.1 Å². The SMILES string of the molecule is CCNC(=NCC(=O)NCc1ccco1)N1CCN(c2ccc(OC)cc2)CC1. The number of piperazine rings is 1. The van der Waals surface area contributed by atoms with Crippen LogP contribution in [0.25, 0.3) is 0 Å². The number of rotatable bonds is 7. The second-order valence-electron chi connectivity index (χ2n) is 6.70. The molecule has 2 aromatic rings. The van der Waals surface area contributed by atoms with Gasteiger partial charge in [-0.25, -0.2) is 4.99 Å². The monoisotopic (exact) mass is 399 g/mol. The van der Waals surface area contributed by atoms with Crippen molar-refractivity contribution in [3.63, 3.8) is 0 Å². The predicted molar refractivity (Wildman–Crippen MR) is 113 cm³/mol. The lowest BCUT2D eigenvalue weighted by Crippen LogP contribution is -2.52. The molecule has 1 aromatic carbocycles. The summed E-state index contributed by atoms with van der Waals surface area (Å²) >= 11 is 0. The Labute approximate surface area is 171 Å². The van der Waals surface area contributed by atoms with Crippen molar-refractivity contribution >= 4 is 17.6 Å². The molecule has 1 aliphatic heterocycles. The summed E-state index contributed by atoms with van der Waals surface area (Å²) in [4.78, 5) is 21.1. The zero-order valence-electron chi connectivity index (χ0n) is 17.1. The van der Waals surface area contributed by atoms with Gasteiger partial charge in [-0.05, 0) is 43.3 Å². The number of aliphatic imine (C=N–C) groups is 1. The number of hydrogen-bond acceptors (Lipinski definition) is 5. The van der Waals surface area contributed by atoms with Gasteiger partial charge in [0.1, 0.15) is 18.1 Å². The molecule has 0 unspecified atom stereocenters. The molecule has 2 N–H and O–H groups in total. The highest BCUT2D eigenvalue weighted by atomic mass is 16.5. The molecular formula is C21H29N5O3. The summed E-state index contributed by atoms with van der Waals surface area (Å²) in [6, 6.07) is 11.8. The van der Waals surface area contributed by atoms with Gasteiger partial charge in [0.05, 0.1) is 19.9 Å². The molecule has 1 aliphatic rings. The third kappa shape index (κ3) is 5.91. The first-order valence-corrected chi connectivity index (χ1v) is 9.91. The molecule has 1 saturated heterocycles. The third-order valence-corrected chi connectivity index (χ3v) is 4.76. The van der Waals surface area contributed by atoms with Crippen molar-refractivity contribution in [3.8, 4) is 5.75 Å². The number of methoxy groups -OCH3 is 1. The van der Waals surface area contributed by atoms with Crippen LogP contribution in [0.3, 0.4) is 0 Å². The van der Waals surface area contributed by atoms with E-state index in [1.165, 1.54) is 5.69 Å². The fourth-order valence-corrected chi connectivity index (χ4v) is 3.20. The number of furan rings is 1. The van der Waals surface area contributed by atoms with E-state index in [1.54, 1.807) is 19.4 Å². The number of guanidine groups is 1. The molecule has 8 nitrogen and oxygen atoms in total. The standard InChI is InChI=1S/C21H29N5O3/c1-3-22-21(24-16-20(27)23-15-19-5-4-14-29-19)26-12-10-25(11-13-26)17-6-8-18(28-2)9-7-17/h4-9,14H,3,10-13,15-16H2,1-2H3,(H,22,24)(H,23,27). The number of carbonyl (C=O) groups is 1. The van der Waals surface area contributed by atoms with Crippen molar-refractivity contribution in [2.45, 2.75) is 13.5 Å². The minimum Gasteiger partial charge on any atom is -0.497 e. The highest BCUT2D eigenvalue weighted by Gasteiger charge is 2.20. The van der Waals surface area contributed by atoms with Gasteiger partial charge < -0.3 is 29.6 Å². The molecule has 8 heteroatoms. The Morgan fingerprint density at radius 2 is 1.90 bits per heavy atom. The number of hydrogen-bond donors (Lipinski definition) is 2. The van der Waals surface area contributed by atoms with Gasteiger partial charge in [0.15, 0.2) is 5.96 Å². The van der Waals surface area contributed by atoms with E-state index in [0.29, 0.717) is 6.54 Å². The van der Waals surface area contributed by atoms with Crippen molar-refractivity contribution in [1.29, 1.82) is 0 Å². The molecule has 2 heterocycles. The molecule has 0 bridgehead atoms. The van der Waals surface area contributed by atoms with Gasteiger partial charge >= 0.3 is 0 Å². The summed E-state index contributed by atoms with van der Waals surface area (Å²) in [5, 5.41) is 6.11. The minimum atomic E-state index is -0.131. The van der Waals surface area contributed by atoms with Crippen molar-refractivity contribution in [2.24, 2.45) is 4.99 Å². The largest absolute Gasteiger partial charge is 0.497 e. The Bertz CT molecular complexity index is 781. The normalized spacial score (nSPS) is 14.6. The second kappa shape index (κ2) is 10.4. The van der Waals surface area contributed by atoms with Crippen LogP contribution >= 0.6 is 0 Å². The van der Waals surface area contributed by atoms with Gasteiger partial charge in [-0.3, -0.25) is 4.79 Å². The summed E-state index contributed by atoms with van der Waals surface area (Å²) in [5.74, 6) is 2.23. The van der Waals surface area contributed by atoms with Crippen LogP contribution in [0.4, 0.5) is 5.69 Å². The summed E-state index contributed by atoms with van der Waals surface area (Å²) < 4.78 is 10.4. The number of amides is 1. The molecule has 156 valence electrons. The highest BCUT2D eigenvalue weighted by Crippen LogP contribution is 2.20. The van der Waals surface area contributed by atoms with Crippen LogP contribution in [0.5, 0.6) is 5.75 Å². The van der Waals surface area contributed by atoms with E-state index in [-0.39, 0.29) is 12.5 Å². The summed E-state index contributed by atoms with van der Waals surface area (Å²) in [7, 11) is 1.67. The summed E-state index contributed by atoms with van der Waals surface area (Å²) in [6.07, 6.45) is 1.59. The molecule has 0 spiro atoms. The molecule has 1 aromatic heterocycles. The topological polar surface area (TPSA) is 82.3 Å². The maximum absolute atomic E-state index is 12.1. The number of carbonyl (C=O) groups excluding carboxylic acids is 1. The lowest BCUT2D eigenvalue weighted by Gasteiger charge is -2.37.